The van der Waals surface area contributed by atoms with Crippen LogP contribution in [0.4, 0.5) is 10.5 Å². The van der Waals surface area contributed by atoms with Crippen LogP contribution >= 0.6 is 0 Å². The molecule has 0 aliphatic heterocycles. The van der Waals surface area contributed by atoms with Crippen LogP contribution in [0.1, 0.15) is 11.3 Å². The topological polar surface area (TPSA) is 76.4 Å². The molecule has 2 N–H and O–H groups in total. The zero-order valence-electron chi connectivity index (χ0n) is 14.1. The van der Waals surface area contributed by atoms with Gasteiger partial charge < -0.3 is 19.9 Å². The van der Waals surface area contributed by atoms with Crippen molar-refractivity contribution in [3.8, 4) is 17.0 Å². The van der Waals surface area contributed by atoms with E-state index in [1.54, 1.807) is 14.0 Å². The van der Waals surface area contributed by atoms with Crippen molar-refractivity contribution in [2.45, 2.75) is 13.5 Å². The lowest BCUT2D eigenvalue weighted by molar-refractivity contribution is 0.251. The van der Waals surface area contributed by atoms with Crippen molar-refractivity contribution in [1.29, 1.82) is 0 Å². The van der Waals surface area contributed by atoms with Gasteiger partial charge in [-0.3, -0.25) is 0 Å². The van der Waals surface area contributed by atoms with E-state index in [9.17, 15) is 4.79 Å². The van der Waals surface area contributed by atoms with E-state index in [0.29, 0.717) is 23.7 Å². The molecule has 0 unspecified atom stereocenters. The quantitative estimate of drug-likeness (QED) is 0.738. The zero-order chi connectivity index (χ0) is 17.6. The molecule has 0 radical (unpaired) electrons. The Morgan fingerprint density at radius 2 is 1.84 bits per heavy atom. The van der Waals surface area contributed by atoms with E-state index in [1.807, 2.05) is 54.6 Å². The standard InChI is InChI=1S/C19H19N3O3/c1-13-17(18(22-25-13)15-6-4-3-5-7-15)21-19(23)20-12-14-8-10-16(24-2)11-9-14/h3-11H,12H2,1-2H3,(H2,20,21,23). The van der Waals surface area contributed by atoms with Crippen molar-refractivity contribution >= 4 is 11.7 Å². The number of ether oxygens (including phenoxy) is 1. The van der Waals surface area contributed by atoms with E-state index in [1.165, 1.54) is 0 Å². The normalized spacial score (nSPS) is 10.3. The molecule has 1 heterocycles. The molecule has 0 aliphatic carbocycles. The van der Waals surface area contributed by atoms with Crippen molar-refractivity contribution in [2.24, 2.45) is 0 Å². The highest BCUT2D eigenvalue weighted by Crippen LogP contribution is 2.29. The number of methoxy groups -OCH3 is 1. The maximum atomic E-state index is 12.2. The Balaban J connectivity index is 1.66. The number of rotatable bonds is 5. The molecule has 0 saturated heterocycles. The van der Waals surface area contributed by atoms with Gasteiger partial charge in [-0.2, -0.15) is 0 Å². The van der Waals surface area contributed by atoms with Crippen LogP contribution in [0, 0.1) is 6.92 Å². The number of aromatic nitrogens is 1. The van der Waals surface area contributed by atoms with Gasteiger partial charge in [-0.1, -0.05) is 47.6 Å². The third-order valence-electron chi connectivity index (χ3n) is 3.76. The van der Waals surface area contributed by atoms with Crippen molar-refractivity contribution in [1.82, 2.24) is 10.5 Å². The average molecular weight is 337 g/mol. The molecule has 2 aromatic carbocycles. The second-order valence-electron chi connectivity index (χ2n) is 5.48. The molecule has 1 aromatic heterocycles. The lowest BCUT2D eigenvalue weighted by Crippen LogP contribution is -2.28. The van der Waals surface area contributed by atoms with Crippen LogP contribution in [0.15, 0.2) is 59.1 Å². The van der Waals surface area contributed by atoms with Gasteiger partial charge in [0, 0.05) is 12.1 Å². The molecular weight excluding hydrogens is 318 g/mol. The van der Waals surface area contributed by atoms with Crippen LogP contribution in [0.2, 0.25) is 0 Å². The summed E-state index contributed by atoms with van der Waals surface area (Å²) in [4.78, 5) is 12.2. The molecule has 0 fully saturated rings. The van der Waals surface area contributed by atoms with Crippen molar-refractivity contribution in [3.05, 3.63) is 65.9 Å². The minimum absolute atomic E-state index is 0.320. The minimum atomic E-state index is -0.320. The van der Waals surface area contributed by atoms with Crippen LogP contribution in [0.3, 0.4) is 0 Å². The van der Waals surface area contributed by atoms with Crippen molar-refractivity contribution in [2.75, 3.05) is 12.4 Å². The minimum Gasteiger partial charge on any atom is -0.497 e. The number of carbonyl (C=O) groups is 1. The lowest BCUT2D eigenvalue weighted by Gasteiger charge is -2.08. The van der Waals surface area contributed by atoms with E-state index >= 15 is 0 Å². The smallest absolute Gasteiger partial charge is 0.319 e. The number of urea groups is 1. The number of carbonyl (C=O) groups excluding carboxylic acids is 1. The largest absolute Gasteiger partial charge is 0.497 e. The van der Waals surface area contributed by atoms with Gasteiger partial charge in [0.05, 0.1) is 7.11 Å². The Hall–Kier alpha value is -3.28. The fourth-order valence-electron chi connectivity index (χ4n) is 2.40. The lowest BCUT2D eigenvalue weighted by atomic mass is 10.1. The fraction of sp³-hybridized carbons (Fsp3) is 0.158. The third kappa shape index (κ3) is 3.98. The zero-order valence-corrected chi connectivity index (χ0v) is 14.1. The maximum absolute atomic E-state index is 12.2. The third-order valence-corrected chi connectivity index (χ3v) is 3.76. The summed E-state index contributed by atoms with van der Waals surface area (Å²) >= 11 is 0. The molecule has 0 bridgehead atoms. The molecule has 3 aromatic rings. The van der Waals surface area contributed by atoms with E-state index in [4.69, 9.17) is 9.26 Å². The Labute approximate surface area is 145 Å². The van der Waals surface area contributed by atoms with E-state index in [2.05, 4.69) is 15.8 Å². The first-order chi connectivity index (χ1) is 12.2. The number of nitrogens with one attached hydrogen (secondary N) is 2. The average Bonchev–Trinajstić information content (AvgIpc) is 3.01. The van der Waals surface area contributed by atoms with Crippen LogP contribution in [0.5, 0.6) is 5.75 Å². The molecule has 25 heavy (non-hydrogen) atoms. The molecule has 0 saturated carbocycles. The predicted octanol–water partition coefficient (Wildman–Crippen LogP) is 3.98. The first-order valence-corrected chi connectivity index (χ1v) is 7.87. The van der Waals surface area contributed by atoms with Gasteiger partial charge in [-0.05, 0) is 24.6 Å². The van der Waals surface area contributed by atoms with E-state index in [-0.39, 0.29) is 6.03 Å². The number of hydrogen-bond acceptors (Lipinski definition) is 4. The highest BCUT2D eigenvalue weighted by molar-refractivity contribution is 5.94. The Kier molecular flexibility index (Phi) is 4.99. The van der Waals surface area contributed by atoms with Gasteiger partial charge in [-0.25, -0.2) is 4.79 Å². The van der Waals surface area contributed by atoms with E-state index < -0.39 is 0 Å². The number of aryl methyl sites for hydroxylation is 1. The highest BCUT2D eigenvalue weighted by atomic mass is 16.5. The van der Waals surface area contributed by atoms with Gasteiger partial charge in [0.2, 0.25) is 0 Å². The maximum Gasteiger partial charge on any atom is 0.319 e. The Morgan fingerprint density at radius 3 is 2.52 bits per heavy atom. The Morgan fingerprint density at radius 1 is 1.12 bits per heavy atom. The van der Waals surface area contributed by atoms with Gasteiger partial charge in [-0.15, -0.1) is 0 Å². The molecule has 2 amide bonds. The van der Waals surface area contributed by atoms with Crippen molar-refractivity contribution in [3.63, 3.8) is 0 Å². The summed E-state index contributed by atoms with van der Waals surface area (Å²) in [7, 11) is 1.62. The summed E-state index contributed by atoms with van der Waals surface area (Å²) in [5.41, 5.74) is 3.03. The van der Waals surface area contributed by atoms with E-state index in [0.717, 1.165) is 16.9 Å². The molecular formula is C19H19N3O3. The monoisotopic (exact) mass is 337 g/mol. The summed E-state index contributed by atoms with van der Waals surface area (Å²) in [5.74, 6) is 1.33. The summed E-state index contributed by atoms with van der Waals surface area (Å²) in [6.45, 7) is 2.17. The van der Waals surface area contributed by atoms with Gasteiger partial charge in [0.15, 0.2) is 5.76 Å². The summed E-state index contributed by atoms with van der Waals surface area (Å²) in [6, 6.07) is 16.8. The van der Waals surface area contributed by atoms with Crippen LogP contribution < -0.4 is 15.4 Å². The van der Waals surface area contributed by atoms with Crippen LogP contribution in [0.25, 0.3) is 11.3 Å². The summed E-state index contributed by atoms with van der Waals surface area (Å²) in [5, 5.41) is 9.68. The fourth-order valence-corrected chi connectivity index (χ4v) is 2.40. The first-order valence-electron chi connectivity index (χ1n) is 7.87. The second kappa shape index (κ2) is 7.53. The molecule has 128 valence electrons. The van der Waals surface area contributed by atoms with Crippen molar-refractivity contribution < 1.29 is 14.1 Å². The molecule has 0 atom stereocenters. The number of hydrogen-bond donors (Lipinski definition) is 2. The Bertz CT molecular complexity index is 842. The SMILES string of the molecule is COc1ccc(CNC(=O)Nc2c(-c3ccccc3)noc2C)cc1. The molecule has 0 aliphatic rings. The highest BCUT2D eigenvalue weighted by Gasteiger charge is 2.16. The first kappa shape index (κ1) is 16.6. The molecule has 6 nitrogen and oxygen atoms in total. The number of amides is 2. The van der Waals surface area contributed by atoms with Gasteiger partial charge in [0.25, 0.3) is 0 Å². The van der Waals surface area contributed by atoms with Crippen LogP contribution in [-0.4, -0.2) is 18.3 Å². The van der Waals surface area contributed by atoms with Crippen LogP contribution in [-0.2, 0) is 6.54 Å². The number of nitrogens with zero attached hydrogens (tertiary/aromatic N) is 1. The second-order valence-corrected chi connectivity index (χ2v) is 5.48. The number of anilines is 1. The molecule has 3 rings (SSSR count). The number of benzene rings is 2. The van der Waals surface area contributed by atoms with Gasteiger partial charge in [0.1, 0.15) is 17.1 Å². The summed E-state index contributed by atoms with van der Waals surface area (Å²) < 4.78 is 10.3. The predicted molar refractivity (Wildman–Crippen MR) is 95.5 cm³/mol. The summed E-state index contributed by atoms with van der Waals surface area (Å²) in [6.07, 6.45) is 0. The molecule has 0 spiro atoms. The van der Waals surface area contributed by atoms with Gasteiger partial charge >= 0.3 is 6.03 Å². The molecule has 6 heteroatoms.